The molecule has 20 heavy (non-hydrogen) atoms. The third-order valence-corrected chi connectivity index (χ3v) is 3.62. The minimum atomic E-state index is -0.146. The summed E-state index contributed by atoms with van der Waals surface area (Å²) < 4.78 is 6.61. The van der Waals surface area contributed by atoms with E-state index in [0.717, 1.165) is 0 Å². The molecule has 4 nitrogen and oxygen atoms in total. The van der Waals surface area contributed by atoms with Crippen LogP contribution in [-0.2, 0) is 0 Å². The molecule has 0 aliphatic carbocycles. The van der Waals surface area contributed by atoms with E-state index in [9.17, 15) is 4.79 Å². The first-order chi connectivity index (χ1) is 9.36. The second-order valence-corrected chi connectivity index (χ2v) is 5.41. The summed E-state index contributed by atoms with van der Waals surface area (Å²) in [6, 6.07) is 3.12. The van der Waals surface area contributed by atoms with Gasteiger partial charge >= 0.3 is 0 Å². The molecule has 0 aliphatic rings. The topological polar surface area (TPSA) is 44.1 Å². The number of ketones is 1. The van der Waals surface area contributed by atoms with Crippen LogP contribution < -0.4 is 4.74 Å². The zero-order chi connectivity index (χ0) is 15.0. The van der Waals surface area contributed by atoms with Crippen molar-refractivity contribution in [2.24, 2.45) is 0 Å². The number of carbonyl (C=O) groups excluding carboxylic acids is 1. The average Bonchev–Trinajstić information content (AvgIpc) is 2.65. The first-order valence-corrected chi connectivity index (χ1v) is 6.79. The number of halogens is 3. The molecule has 1 aromatic heterocycles. The molecule has 1 heterocycles. The minimum Gasteiger partial charge on any atom is -0.479 e. The Morgan fingerprint density at radius 3 is 2.20 bits per heavy atom. The summed E-state index contributed by atoms with van der Waals surface area (Å²) >= 11 is 18.2. The maximum absolute atomic E-state index is 11.7. The van der Waals surface area contributed by atoms with Gasteiger partial charge in [0.2, 0.25) is 5.88 Å². The van der Waals surface area contributed by atoms with Gasteiger partial charge in [-0.15, -0.1) is 5.10 Å². The number of ether oxygens (including phenoxy) is 1. The van der Waals surface area contributed by atoms with Gasteiger partial charge in [0.05, 0.1) is 22.8 Å². The standard InChI is InChI=1S/C13H11Cl3N2O2/c1-6-11(7(2)19)13(20-3)17-18(6)12-9(15)4-8(14)5-10(12)16/h4-5H,1-3H3. The zero-order valence-electron chi connectivity index (χ0n) is 11.0. The van der Waals surface area contributed by atoms with Crippen LogP contribution in [-0.4, -0.2) is 22.7 Å². The van der Waals surface area contributed by atoms with Crippen molar-refractivity contribution in [1.82, 2.24) is 9.78 Å². The molecule has 2 aromatic rings. The Labute approximate surface area is 131 Å². The fourth-order valence-corrected chi connectivity index (χ4v) is 2.96. The average molecular weight is 334 g/mol. The molecule has 0 amide bonds. The summed E-state index contributed by atoms with van der Waals surface area (Å²) in [5.74, 6) is 0.0869. The highest BCUT2D eigenvalue weighted by molar-refractivity contribution is 6.40. The lowest BCUT2D eigenvalue weighted by Gasteiger charge is -2.09. The third-order valence-electron chi connectivity index (χ3n) is 2.82. The van der Waals surface area contributed by atoms with E-state index in [-0.39, 0.29) is 11.7 Å². The summed E-state index contributed by atoms with van der Waals surface area (Å²) in [6.07, 6.45) is 0. The van der Waals surface area contributed by atoms with Crippen molar-refractivity contribution in [3.63, 3.8) is 0 Å². The molecule has 0 unspecified atom stereocenters. The molecule has 1 aromatic carbocycles. The highest BCUT2D eigenvalue weighted by Crippen LogP contribution is 2.34. The lowest BCUT2D eigenvalue weighted by Crippen LogP contribution is -2.02. The third kappa shape index (κ3) is 2.51. The molecule has 0 N–H and O–H groups in total. The summed E-state index contributed by atoms with van der Waals surface area (Å²) in [7, 11) is 1.45. The molecule has 0 fully saturated rings. The van der Waals surface area contributed by atoms with Gasteiger partial charge in [-0.3, -0.25) is 4.79 Å². The van der Waals surface area contributed by atoms with Crippen molar-refractivity contribution in [3.8, 4) is 11.6 Å². The van der Waals surface area contributed by atoms with E-state index in [0.29, 0.717) is 32.0 Å². The first kappa shape index (κ1) is 15.2. The van der Waals surface area contributed by atoms with Gasteiger partial charge in [-0.05, 0) is 26.0 Å². The fraction of sp³-hybridized carbons (Fsp3) is 0.231. The van der Waals surface area contributed by atoms with Gasteiger partial charge in [0.25, 0.3) is 0 Å². The number of benzene rings is 1. The fourth-order valence-electron chi connectivity index (χ4n) is 1.98. The summed E-state index contributed by atoms with van der Waals surface area (Å²) in [5, 5.41) is 5.33. The van der Waals surface area contributed by atoms with Gasteiger partial charge in [0, 0.05) is 5.02 Å². The van der Waals surface area contributed by atoms with E-state index in [4.69, 9.17) is 39.5 Å². The Morgan fingerprint density at radius 2 is 1.80 bits per heavy atom. The van der Waals surface area contributed by atoms with Crippen molar-refractivity contribution in [3.05, 3.63) is 38.5 Å². The van der Waals surface area contributed by atoms with Gasteiger partial charge in [-0.2, -0.15) is 0 Å². The molecule has 106 valence electrons. The number of methoxy groups -OCH3 is 1. The van der Waals surface area contributed by atoms with Crippen LogP contribution in [0.3, 0.4) is 0 Å². The maximum Gasteiger partial charge on any atom is 0.244 e. The van der Waals surface area contributed by atoms with Gasteiger partial charge in [-0.1, -0.05) is 34.8 Å². The van der Waals surface area contributed by atoms with E-state index >= 15 is 0 Å². The molecule has 7 heteroatoms. The van der Waals surface area contributed by atoms with Gasteiger partial charge in [0.1, 0.15) is 11.3 Å². The van der Waals surface area contributed by atoms with E-state index in [2.05, 4.69) is 5.10 Å². The minimum absolute atomic E-state index is 0.146. The molecular formula is C13H11Cl3N2O2. The number of carbonyl (C=O) groups is 1. The molecule has 0 spiro atoms. The lowest BCUT2D eigenvalue weighted by atomic mass is 10.2. The molecular weight excluding hydrogens is 323 g/mol. The molecule has 0 radical (unpaired) electrons. The number of hydrogen-bond acceptors (Lipinski definition) is 3. The monoisotopic (exact) mass is 332 g/mol. The number of aromatic nitrogens is 2. The Kier molecular flexibility index (Phi) is 4.28. The predicted molar refractivity (Wildman–Crippen MR) is 79.9 cm³/mol. The summed E-state index contributed by atoms with van der Waals surface area (Å²) in [4.78, 5) is 11.7. The zero-order valence-corrected chi connectivity index (χ0v) is 13.3. The van der Waals surface area contributed by atoms with Crippen molar-refractivity contribution < 1.29 is 9.53 Å². The van der Waals surface area contributed by atoms with Crippen LogP contribution >= 0.6 is 34.8 Å². The van der Waals surface area contributed by atoms with Crippen LogP contribution in [0.1, 0.15) is 23.0 Å². The SMILES string of the molecule is COc1nn(-c2c(Cl)cc(Cl)cc2Cl)c(C)c1C(C)=O. The van der Waals surface area contributed by atoms with Gasteiger partial charge in [0.15, 0.2) is 5.78 Å². The van der Waals surface area contributed by atoms with E-state index in [1.165, 1.54) is 18.7 Å². The van der Waals surface area contributed by atoms with Crippen LogP contribution in [0.4, 0.5) is 0 Å². The first-order valence-electron chi connectivity index (χ1n) is 5.66. The maximum atomic E-state index is 11.7. The van der Waals surface area contributed by atoms with Crippen molar-refractivity contribution in [2.75, 3.05) is 7.11 Å². The lowest BCUT2D eigenvalue weighted by molar-refractivity contribution is 0.101. The van der Waals surface area contributed by atoms with E-state index in [1.807, 2.05) is 0 Å². The van der Waals surface area contributed by atoms with Crippen LogP contribution in [0.2, 0.25) is 15.1 Å². The Morgan fingerprint density at radius 1 is 1.25 bits per heavy atom. The van der Waals surface area contributed by atoms with Crippen molar-refractivity contribution in [2.45, 2.75) is 13.8 Å². The van der Waals surface area contributed by atoms with Crippen LogP contribution in [0.25, 0.3) is 5.69 Å². The Balaban J connectivity index is 2.75. The number of Topliss-reactive ketones (excluding diaryl/α,β-unsaturated/α-hetero) is 1. The number of nitrogens with zero attached hydrogens (tertiary/aromatic N) is 2. The van der Waals surface area contributed by atoms with E-state index in [1.54, 1.807) is 19.1 Å². The highest BCUT2D eigenvalue weighted by atomic mass is 35.5. The molecule has 0 bridgehead atoms. The summed E-state index contributed by atoms with van der Waals surface area (Å²) in [6.45, 7) is 3.19. The highest BCUT2D eigenvalue weighted by Gasteiger charge is 2.22. The largest absolute Gasteiger partial charge is 0.479 e. The van der Waals surface area contributed by atoms with Crippen LogP contribution in [0.15, 0.2) is 12.1 Å². The molecule has 0 saturated carbocycles. The number of rotatable bonds is 3. The van der Waals surface area contributed by atoms with Crippen LogP contribution in [0, 0.1) is 6.92 Å². The molecule has 2 rings (SSSR count). The predicted octanol–water partition coefficient (Wildman–Crippen LogP) is 4.35. The molecule has 0 aliphatic heterocycles. The summed E-state index contributed by atoms with van der Waals surface area (Å²) in [5.41, 5.74) is 1.45. The van der Waals surface area contributed by atoms with Crippen LogP contribution in [0.5, 0.6) is 5.88 Å². The Hall–Kier alpha value is -1.23. The molecule has 0 saturated heterocycles. The normalized spacial score (nSPS) is 10.7. The second-order valence-electron chi connectivity index (χ2n) is 4.16. The number of hydrogen-bond donors (Lipinski definition) is 0. The van der Waals surface area contributed by atoms with Crippen molar-refractivity contribution in [1.29, 1.82) is 0 Å². The van der Waals surface area contributed by atoms with E-state index < -0.39 is 0 Å². The molecule has 0 atom stereocenters. The quantitative estimate of drug-likeness (QED) is 0.784. The Bertz CT molecular complexity index is 672. The second kappa shape index (κ2) is 5.64. The van der Waals surface area contributed by atoms with Gasteiger partial charge in [-0.25, -0.2) is 4.68 Å². The van der Waals surface area contributed by atoms with Crippen molar-refractivity contribution >= 4 is 40.6 Å². The smallest absolute Gasteiger partial charge is 0.244 e. The van der Waals surface area contributed by atoms with Gasteiger partial charge < -0.3 is 4.74 Å².